The average molecular weight is 254 g/mol. The van der Waals surface area contributed by atoms with E-state index in [9.17, 15) is 9.90 Å². The zero-order valence-corrected chi connectivity index (χ0v) is 11.5. The van der Waals surface area contributed by atoms with Crippen LogP contribution in [0.5, 0.6) is 0 Å². The van der Waals surface area contributed by atoms with Crippen molar-refractivity contribution in [3.63, 3.8) is 0 Å². The summed E-state index contributed by atoms with van der Waals surface area (Å²) in [5.41, 5.74) is -0.425. The standard InChI is InChI=1S/C15H26O3/c1-12-6-9-15(10-7-12,14(16)17)8-2-4-13-5-3-11-18-13/h12-13H,2-11H2,1H3,(H,16,17). The Hall–Kier alpha value is -0.570. The van der Waals surface area contributed by atoms with Crippen molar-refractivity contribution in [3.05, 3.63) is 0 Å². The molecule has 1 unspecified atom stereocenters. The van der Waals surface area contributed by atoms with E-state index in [1.54, 1.807) is 0 Å². The van der Waals surface area contributed by atoms with Crippen LogP contribution >= 0.6 is 0 Å². The van der Waals surface area contributed by atoms with Crippen molar-refractivity contribution < 1.29 is 14.6 Å². The Kier molecular flexibility index (Phi) is 4.66. The SMILES string of the molecule is CC1CCC(CCCC2CCCO2)(C(=O)O)CC1. The number of hydrogen-bond acceptors (Lipinski definition) is 2. The molecule has 0 aromatic heterocycles. The lowest BCUT2D eigenvalue weighted by atomic mass is 9.68. The van der Waals surface area contributed by atoms with Crippen LogP contribution in [0.3, 0.4) is 0 Å². The lowest BCUT2D eigenvalue weighted by Gasteiger charge is -2.36. The second-order valence-electron chi connectivity index (χ2n) is 6.30. The van der Waals surface area contributed by atoms with Gasteiger partial charge in [-0.15, -0.1) is 0 Å². The first kappa shape index (κ1) is 13.9. The molecular formula is C15H26O3. The maximum atomic E-state index is 11.6. The second-order valence-corrected chi connectivity index (χ2v) is 6.30. The van der Waals surface area contributed by atoms with Crippen molar-refractivity contribution in [2.45, 2.75) is 70.8 Å². The first-order valence-electron chi connectivity index (χ1n) is 7.47. The minimum atomic E-state index is -0.568. The first-order chi connectivity index (χ1) is 8.62. The number of carboxylic acid groups (broad SMARTS) is 1. The molecule has 0 aromatic rings. The fourth-order valence-corrected chi connectivity index (χ4v) is 3.43. The highest BCUT2D eigenvalue weighted by Gasteiger charge is 2.40. The molecule has 1 aliphatic heterocycles. The van der Waals surface area contributed by atoms with Crippen molar-refractivity contribution in [2.75, 3.05) is 6.61 Å². The molecule has 3 heteroatoms. The number of carbonyl (C=O) groups is 1. The van der Waals surface area contributed by atoms with Crippen LogP contribution in [0.15, 0.2) is 0 Å². The van der Waals surface area contributed by atoms with E-state index in [0.717, 1.165) is 58.0 Å². The number of hydrogen-bond donors (Lipinski definition) is 1. The van der Waals surface area contributed by atoms with Gasteiger partial charge in [-0.1, -0.05) is 6.92 Å². The summed E-state index contributed by atoms with van der Waals surface area (Å²) >= 11 is 0. The van der Waals surface area contributed by atoms with Gasteiger partial charge in [0.25, 0.3) is 0 Å². The van der Waals surface area contributed by atoms with E-state index >= 15 is 0 Å². The van der Waals surface area contributed by atoms with Crippen LogP contribution in [0.2, 0.25) is 0 Å². The van der Waals surface area contributed by atoms with E-state index in [1.807, 2.05) is 0 Å². The molecule has 0 aromatic carbocycles. The Labute approximate surface area is 110 Å². The third-order valence-electron chi connectivity index (χ3n) is 4.89. The minimum absolute atomic E-state index is 0.401. The number of ether oxygens (including phenoxy) is 1. The van der Waals surface area contributed by atoms with Gasteiger partial charge < -0.3 is 9.84 Å². The Morgan fingerprint density at radius 1 is 1.33 bits per heavy atom. The van der Waals surface area contributed by atoms with E-state index in [1.165, 1.54) is 6.42 Å². The summed E-state index contributed by atoms with van der Waals surface area (Å²) in [6.45, 7) is 3.13. The Morgan fingerprint density at radius 3 is 2.61 bits per heavy atom. The largest absolute Gasteiger partial charge is 0.481 e. The summed E-state index contributed by atoms with van der Waals surface area (Å²) in [6.07, 6.45) is 9.52. The number of carboxylic acids is 1. The molecule has 0 bridgehead atoms. The molecule has 3 nitrogen and oxygen atoms in total. The third kappa shape index (κ3) is 3.25. The predicted molar refractivity (Wildman–Crippen MR) is 70.5 cm³/mol. The van der Waals surface area contributed by atoms with Crippen LogP contribution in [0.1, 0.15) is 64.7 Å². The molecule has 1 heterocycles. The van der Waals surface area contributed by atoms with E-state index in [2.05, 4.69) is 6.92 Å². The van der Waals surface area contributed by atoms with Gasteiger partial charge in [-0.2, -0.15) is 0 Å². The van der Waals surface area contributed by atoms with Crippen LogP contribution < -0.4 is 0 Å². The number of rotatable bonds is 5. The molecular weight excluding hydrogens is 228 g/mol. The molecule has 0 spiro atoms. The molecule has 0 amide bonds. The zero-order chi connectivity index (χ0) is 13.0. The molecule has 1 saturated carbocycles. The maximum absolute atomic E-state index is 11.6. The zero-order valence-electron chi connectivity index (χ0n) is 11.5. The molecule has 2 fully saturated rings. The highest BCUT2D eigenvalue weighted by Crippen LogP contribution is 2.43. The Bertz CT molecular complexity index is 273. The van der Waals surface area contributed by atoms with Crippen molar-refractivity contribution in [2.24, 2.45) is 11.3 Å². The normalized spacial score (nSPS) is 36.7. The van der Waals surface area contributed by atoms with Gasteiger partial charge in [-0.25, -0.2) is 0 Å². The fraction of sp³-hybridized carbons (Fsp3) is 0.933. The van der Waals surface area contributed by atoms with Crippen molar-refractivity contribution in [1.29, 1.82) is 0 Å². The molecule has 0 radical (unpaired) electrons. The van der Waals surface area contributed by atoms with Gasteiger partial charge in [0.1, 0.15) is 0 Å². The van der Waals surface area contributed by atoms with E-state index in [4.69, 9.17) is 4.74 Å². The van der Waals surface area contributed by atoms with Gasteiger partial charge in [-0.05, 0) is 63.7 Å². The molecule has 2 aliphatic rings. The van der Waals surface area contributed by atoms with Crippen LogP contribution in [0, 0.1) is 11.3 Å². The maximum Gasteiger partial charge on any atom is 0.309 e. The topological polar surface area (TPSA) is 46.5 Å². The fourth-order valence-electron chi connectivity index (χ4n) is 3.43. The summed E-state index contributed by atoms with van der Waals surface area (Å²) in [5.74, 6) is 0.136. The second kappa shape index (κ2) is 6.05. The highest BCUT2D eigenvalue weighted by molar-refractivity contribution is 5.74. The highest BCUT2D eigenvalue weighted by atomic mass is 16.5. The lowest BCUT2D eigenvalue weighted by Crippen LogP contribution is -2.35. The van der Waals surface area contributed by atoms with Crippen LogP contribution in [0.4, 0.5) is 0 Å². The van der Waals surface area contributed by atoms with Gasteiger partial charge >= 0.3 is 5.97 Å². The molecule has 18 heavy (non-hydrogen) atoms. The van der Waals surface area contributed by atoms with Crippen LogP contribution in [0.25, 0.3) is 0 Å². The smallest absolute Gasteiger partial charge is 0.309 e. The summed E-state index contributed by atoms with van der Waals surface area (Å²) in [7, 11) is 0. The lowest BCUT2D eigenvalue weighted by molar-refractivity contribution is -0.152. The molecule has 104 valence electrons. The van der Waals surface area contributed by atoms with Crippen LogP contribution in [-0.4, -0.2) is 23.8 Å². The number of aliphatic carboxylic acids is 1. The Morgan fingerprint density at radius 2 is 2.06 bits per heavy atom. The third-order valence-corrected chi connectivity index (χ3v) is 4.89. The van der Waals surface area contributed by atoms with Crippen molar-refractivity contribution >= 4 is 5.97 Å². The molecule has 1 N–H and O–H groups in total. The van der Waals surface area contributed by atoms with Gasteiger partial charge in [0, 0.05) is 6.61 Å². The predicted octanol–water partition coefficient (Wildman–Crippen LogP) is 3.62. The summed E-state index contributed by atoms with van der Waals surface area (Å²) in [5, 5.41) is 9.54. The van der Waals surface area contributed by atoms with Gasteiger partial charge in [-0.3, -0.25) is 4.79 Å². The van der Waals surface area contributed by atoms with E-state index < -0.39 is 11.4 Å². The first-order valence-corrected chi connectivity index (χ1v) is 7.47. The molecule has 1 atom stereocenters. The van der Waals surface area contributed by atoms with Gasteiger partial charge in [0.05, 0.1) is 11.5 Å². The summed E-state index contributed by atoms with van der Waals surface area (Å²) < 4.78 is 5.61. The van der Waals surface area contributed by atoms with Gasteiger partial charge in [0.15, 0.2) is 0 Å². The Balaban J connectivity index is 1.80. The van der Waals surface area contributed by atoms with E-state index in [0.29, 0.717) is 12.0 Å². The van der Waals surface area contributed by atoms with Crippen LogP contribution in [-0.2, 0) is 9.53 Å². The molecule has 1 saturated heterocycles. The summed E-state index contributed by atoms with van der Waals surface area (Å²) in [6, 6.07) is 0. The van der Waals surface area contributed by atoms with E-state index in [-0.39, 0.29) is 0 Å². The molecule has 1 aliphatic carbocycles. The van der Waals surface area contributed by atoms with Gasteiger partial charge in [0.2, 0.25) is 0 Å². The van der Waals surface area contributed by atoms with Crippen molar-refractivity contribution in [3.8, 4) is 0 Å². The minimum Gasteiger partial charge on any atom is -0.481 e. The average Bonchev–Trinajstić information content (AvgIpc) is 2.85. The van der Waals surface area contributed by atoms with Crippen molar-refractivity contribution in [1.82, 2.24) is 0 Å². The molecule has 2 rings (SSSR count). The summed E-state index contributed by atoms with van der Waals surface area (Å²) in [4.78, 5) is 11.6. The monoisotopic (exact) mass is 254 g/mol. The quantitative estimate of drug-likeness (QED) is 0.815.